The molecule has 3 nitrogen and oxygen atoms in total. The molecule has 0 radical (unpaired) electrons. The van der Waals surface area contributed by atoms with Crippen LogP contribution in [-0.4, -0.2) is 5.91 Å². The minimum Gasteiger partial charge on any atom is -0.398 e. The van der Waals surface area contributed by atoms with Crippen molar-refractivity contribution in [2.24, 2.45) is 0 Å². The number of hydrogen-bond acceptors (Lipinski definition) is 2. The fraction of sp³-hybridized carbons (Fsp3) is 0. The molecule has 0 saturated carbocycles. The average Bonchev–Trinajstić information content (AvgIpc) is 2.36. The fourth-order valence-electron chi connectivity index (χ4n) is 1.45. The quantitative estimate of drug-likeness (QED) is 0.824. The highest BCUT2D eigenvalue weighted by Crippen LogP contribution is 2.24. The molecule has 2 aromatic carbocycles. The van der Waals surface area contributed by atoms with Crippen molar-refractivity contribution in [3.8, 4) is 0 Å². The van der Waals surface area contributed by atoms with Crippen LogP contribution < -0.4 is 11.1 Å². The summed E-state index contributed by atoms with van der Waals surface area (Å²) < 4.78 is 12.9. The monoisotopic (exact) mass is 298 g/mol. The van der Waals surface area contributed by atoms with E-state index < -0.39 is 11.7 Å². The first-order chi connectivity index (χ1) is 8.97. The van der Waals surface area contributed by atoms with E-state index in [1.54, 1.807) is 0 Å². The minimum atomic E-state index is -0.474. The molecule has 0 aliphatic carbocycles. The van der Waals surface area contributed by atoms with Crippen LogP contribution in [0.1, 0.15) is 10.4 Å². The van der Waals surface area contributed by atoms with Crippen LogP contribution in [-0.2, 0) is 0 Å². The Morgan fingerprint density at radius 2 is 1.84 bits per heavy atom. The SMILES string of the molecule is Nc1ccc(C(=O)Nc2ccc(F)cc2Cl)cc1Cl. The molecular weight excluding hydrogens is 290 g/mol. The summed E-state index contributed by atoms with van der Waals surface area (Å²) >= 11 is 11.6. The number of amides is 1. The highest BCUT2D eigenvalue weighted by Gasteiger charge is 2.10. The first-order valence-corrected chi connectivity index (χ1v) is 6.04. The number of nitrogen functional groups attached to an aromatic ring is 1. The van der Waals surface area contributed by atoms with Crippen molar-refractivity contribution in [1.29, 1.82) is 0 Å². The van der Waals surface area contributed by atoms with Gasteiger partial charge in [-0.25, -0.2) is 4.39 Å². The number of benzene rings is 2. The predicted molar refractivity (Wildman–Crippen MR) is 75.2 cm³/mol. The van der Waals surface area contributed by atoms with Gasteiger partial charge in [0.25, 0.3) is 5.91 Å². The summed E-state index contributed by atoms with van der Waals surface area (Å²) in [5.74, 6) is -0.881. The normalized spacial score (nSPS) is 10.3. The fourth-order valence-corrected chi connectivity index (χ4v) is 1.85. The van der Waals surface area contributed by atoms with E-state index in [1.807, 2.05) is 0 Å². The van der Waals surface area contributed by atoms with Crippen molar-refractivity contribution in [3.05, 3.63) is 57.8 Å². The molecule has 0 aliphatic rings. The predicted octanol–water partition coefficient (Wildman–Crippen LogP) is 3.97. The van der Waals surface area contributed by atoms with Crippen LogP contribution in [0, 0.1) is 5.82 Å². The summed E-state index contributed by atoms with van der Waals surface area (Å²) in [6, 6.07) is 8.22. The van der Waals surface area contributed by atoms with Gasteiger partial charge in [-0.05, 0) is 36.4 Å². The van der Waals surface area contributed by atoms with Gasteiger partial charge in [0.15, 0.2) is 0 Å². The lowest BCUT2D eigenvalue weighted by atomic mass is 10.2. The molecule has 19 heavy (non-hydrogen) atoms. The first kappa shape index (κ1) is 13.6. The number of carbonyl (C=O) groups excluding carboxylic acids is 1. The van der Waals surface area contributed by atoms with Gasteiger partial charge in [0.1, 0.15) is 5.82 Å². The Labute approximate surface area is 119 Å². The standard InChI is InChI=1S/C13H9Cl2FN2O/c14-9-5-7(1-3-11(9)17)13(19)18-12-4-2-8(16)6-10(12)15/h1-6H,17H2,(H,18,19). The summed E-state index contributed by atoms with van der Waals surface area (Å²) in [6.07, 6.45) is 0. The van der Waals surface area contributed by atoms with Crippen LogP contribution >= 0.6 is 23.2 Å². The lowest BCUT2D eigenvalue weighted by Crippen LogP contribution is -2.12. The number of halogens is 3. The molecule has 0 saturated heterocycles. The number of nitrogens with one attached hydrogen (secondary N) is 1. The zero-order valence-electron chi connectivity index (χ0n) is 9.58. The second-order valence-corrected chi connectivity index (χ2v) is 4.63. The largest absolute Gasteiger partial charge is 0.398 e. The Hall–Kier alpha value is -1.78. The number of hydrogen-bond donors (Lipinski definition) is 2. The summed E-state index contributed by atoms with van der Waals surface area (Å²) in [6.45, 7) is 0. The Morgan fingerprint density at radius 3 is 2.47 bits per heavy atom. The van der Waals surface area contributed by atoms with E-state index in [9.17, 15) is 9.18 Å². The summed E-state index contributed by atoms with van der Waals surface area (Å²) in [4.78, 5) is 12.0. The van der Waals surface area contributed by atoms with Gasteiger partial charge in [-0.2, -0.15) is 0 Å². The maximum atomic E-state index is 12.9. The highest BCUT2D eigenvalue weighted by molar-refractivity contribution is 6.34. The number of carbonyl (C=O) groups is 1. The molecular formula is C13H9Cl2FN2O. The van der Waals surface area contributed by atoms with Crippen molar-refractivity contribution < 1.29 is 9.18 Å². The van der Waals surface area contributed by atoms with Gasteiger partial charge in [-0.1, -0.05) is 23.2 Å². The van der Waals surface area contributed by atoms with Crippen LogP contribution in [0.3, 0.4) is 0 Å². The van der Waals surface area contributed by atoms with E-state index in [0.717, 1.165) is 6.07 Å². The van der Waals surface area contributed by atoms with Gasteiger partial charge >= 0.3 is 0 Å². The highest BCUT2D eigenvalue weighted by atomic mass is 35.5. The Kier molecular flexibility index (Phi) is 3.93. The van der Waals surface area contributed by atoms with Crippen molar-refractivity contribution in [2.75, 3.05) is 11.1 Å². The van der Waals surface area contributed by atoms with Gasteiger partial charge in [0.2, 0.25) is 0 Å². The lowest BCUT2D eigenvalue weighted by molar-refractivity contribution is 0.102. The third-order valence-corrected chi connectivity index (χ3v) is 3.08. The van der Waals surface area contributed by atoms with Gasteiger partial charge in [-0.3, -0.25) is 4.79 Å². The van der Waals surface area contributed by atoms with Crippen LogP contribution in [0.2, 0.25) is 10.0 Å². The second kappa shape index (κ2) is 5.47. The number of anilines is 2. The molecule has 2 rings (SSSR count). The van der Waals surface area contributed by atoms with Crippen LogP contribution in [0.15, 0.2) is 36.4 Å². The molecule has 0 heterocycles. The van der Waals surface area contributed by atoms with E-state index in [0.29, 0.717) is 16.9 Å². The molecule has 6 heteroatoms. The summed E-state index contributed by atoms with van der Waals surface area (Å²) in [7, 11) is 0. The molecule has 1 amide bonds. The third kappa shape index (κ3) is 3.16. The summed E-state index contributed by atoms with van der Waals surface area (Å²) in [5, 5.41) is 2.97. The lowest BCUT2D eigenvalue weighted by Gasteiger charge is -2.08. The Bertz CT molecular complexity index is 647. The molecule has 0 bridgehead atoms. The molecule has 98 valence electrons. The maximum Gasteiger partial charge on any atom is 0.255 e. The van der Waals surface area contributed by atoms with E-state index in [2.05, 4.69) is 5.32 Å². The van der Waals surface area contributed by atoms with Crippen LogP contribution in [0.4, 0.5) is 15.8 Å². The molecule has 3 N–H and O–H groups in total. The minimum absolute atomic E-state index is 0.120. The second-order valence-electron chi connectivity index (χ2n) is 3.81. The summed E-state index contributed by atoms with van der Waals surface area (Å²) in [5.41, 5.74) is 6.60. The molecule has 0 atom stereocenters. The zero-order chi connectivity index (χ0) is 14.0. The molecule has 0 spiro atoms. The van der Waals surface area contributed by atoms with E-state index in [1.165, 1.54) is 30.3 Å². The van der Waals surface area contributed by atoms with Crippen molar-refractivity contribution in [2.45, 2.75) is 0 Å². The van der Waals surface area contributed by atoms with Gasteiger partial charge in [-0.15, -0.1) is 0 Å². The molecule has 0 aliphatic heterocycles. The van der Waals surface area contributed by atoms with Crippen LogP contribution in [0.25, 0.3) is 0 Å². The molecule has 2 aromatic rings. The van der Waals surface area contributed by atoms with Crippen LogP contribution in [0.5, 0.6) is 0 Å². The van der Waals surface area contributed by atoms with Gasteiger partial charge < -0.3 is 11.1 Å². The third-order valence-electron chi connectivity index (χ3n) is 2.44. The smallest absolute Gasteiger partial charge is 0.255 e. The van der Waals surface area contributed by atoms with Gasteiger partial charge in [0.05, 0.1) is 21.4 Å². The van der Waals surface area contributed by atoms with E-state index >= 15 is 0 Å². The van der Waals surface area contributed by atoms with E-state index in [-0.39, 0.29) is 10.0 Å². The van der Waals surface area contributed by atoms with Crippen molar-refractivity contribution >= 4 is 40.5 Å². The Balaban J connectivity index is 2.23. The molecule has 0 fully saturated rings. The van der Waals surface area contributed by atoms with Gasteiger partial charge in [0, 0.05) is 5.56 Å². The first-order valence-electron chi connectivity index (χ1n) is 5.29. The number of nitrogens with two attached hydrogens (primary N) is 1. The molecule has 0 unspecified atom stereocenters. The number of rotatable bonds is 2. The average molecular weight is 299 g/mol. The van der Waals surface area contributed by atoms with E-state index in [4.69, 9.17) is 28.9 Å². The maximum absolute atomic E-state index is 12.9. The van der Waals surface area contributed by atoms with Crippen molar-refractivity contribution in [3.63, 3.8) is 0 Å². The Morgan fingerprint density at radius 1 is 1.11 bits per heavy atom. The topological polar surface area (TPSA) is 55.1 Å². The van der Waals surface area contributed by atoms with Crippen molar-refractivity contribution in [1.82, 2.24) is 0 Å². The zero-order valence-corrected chi connectivity index (χ0v) is 11.1. The molecule has 0 aromatic heterocycles.